The maximum atomic E-state index is 12.1. The highest BCUT2D eigenvalue weighted by Gasteiger charge is 2.30. The fraction of sp³-hybridized carbons (Fsp3) is 0.875. The van der Waals surface area contributed by atoms with Gasteiger partial charge in [0.1, 0.15) is 0 Å². The summed E-state index contributed by atoms with van der Waals surface area (Å²) in [4.78, 5) is 13.1. The Balaban J connectivity index is 2.48. The summed E-state index contributed by atoms with van der Waals surface area (Å²) in [5.41, 5.74) is 0. The summed E-state index contributed by atoms with van der Waals surface area (Å²) in [5.74, 6) is 0.379. The summed E-state index contributed by atoms with van der Waals surface area (Å²) in [6.45, 7) is 3.88. The van der Waals surface area contributed by atoms with Crippen molar-refractivity contribution in [2.45, 2.75) is 0 Å². The molecule has 16 heavy (non-hydrogen) atoms. The van der Waals surface area contributed by atoms with E-state index in [1.54, 1.807) is 16.2 Å². The van der Waals surface area contributed by atoms with Crippen LogP contribution in [0.3, 0.4) is 0 Å². The number of carbonyl (C=O) groups is 1. The Morgan fingerprint density at radius 1 is 1.31 bits per heavy atom. The molecule has 0 saturated carbocycles. The molecule has 94 valence electrons. The van der Waals surface area contributed by atoms with E-state index in [2.05, 4.69) is 25.3 Å². The lowest BCUT2D eigenvalue weighted by atomic mass is 10.3. The van der Waals surface area contributed by atoms with Crippen LogP contribution in [0.4, 0.5) is 0 Å². The quantitative estimate of drug-likeness (QED) is 0.455. The van der Waals surface area contributed by atoms with Crippen molar-refractivity contribution in [3.63, 3.8) is 0 Å². The highest BCUT2D eigenvalue weighted by Crippen LogP contribution is 2.47. The molecule has 1 aliphatic heterocycles. The standard InChI is InChI=1S/C8H17N2O3PS2/c1-14(12,13-7-16)10-4-2-9(3-5-10)8(11)6-15/h15-16H,2-7H2,1H3. The normalized spacial score (nSPS) is 21.8. The molecule has 1 aliphatic rings. The van der Waals surface area contributed by atoms with Crippen molar-refractivity contribution in [1.82, 2.24) is 9.57 Å². The molecule has 1 atom stereocenters. The fourth-order valence-corrected chi connectivity index (χ4v) is 3.72. The molecule has 1 heterocycles. The molecule has 5 nitrogen and oxygen atoms in total. The second kappa shape index (κ2) is 6.31. The van der Waals surface area contributed by atoms with E-state index in [1.165, 1.54) is 0 Å². The van der Waals surface area contributed by atoms with Crippen LogP contribution in [-0.4, -0.2) is 60.0 Å². The predicted octanol–water partition coefficient (Wildman–Crippen LogP) is 0.787. The van der Waals surface area contributed by atoms with Crippen LogP contribution in [0.1, 0.15) is 0 Å². The Morgan fingerprint density at radius 3 is 2.31 bits per heavy atom. The zero-order chi connectivity index (χ0) is 12.2. The SMILES string of the molecule is CP(=O)(OCS)N1CCN(C(=O)CS)CC1. The number of hydrogen-bond donors (Lipinski definition) is 2. The van der Waals surface area contributed by atoms with Crippen molar-refractivity contribution in [1.29, 1.82) is 0 Å². The molecule has 1 saturated heterocycles. The number of nitrogens with zero attached hydrogens (tertiary/aromatic N) is 2. The van der Waals surface area contributed by atoms with Crippen molar-refractivity contribution in [3.05, 3.63) is 0 Å². The maximum absolute atomic E-state index is 12.1. The summed E-state index contributed by atoms with van der Waals surface area (Å²) in [6, 6.07) is 0. The van der Waals surface area contributed by atoms with Crippen molar-refractivity contribution in [2.24, 2.45) is 0 Å². The third-order valence-corrected chi connectivity index (χ3v) is 5.19. The Hall–Kier alpha value is 0.320. The van der Waals surface area contributed by atoms with Crippen molar-refractivity contribution in [3.8, 4) is 0 Å². The van der Waals surface area contributed by atoms with E-state index in [1.807, 2.05) is 0 Å². The van der Waals surface area contributed by atoms with Gasteiger partial charge in [-0.05, 0) is 0 Å². The van der Waals surface area contributed by atoms with Gasteiger partial charge in [0.2, 0.25) is 5.91 Å². The average molecular weight is 284 g/mol. The third-order valence-electron chi connectivity index (χ3n) is 2.56. The summed E-state index contributed by atoms with van der Waals surface area (Å²) in [5, 5.41) is 0. The fourth-order valence-electron chi connectivity index (χ4n) is 1.60. The molecule has 8 heteroatoms. The van der Waals surface area contributed by atoms with E-state index in [4.69, 9.17) is 4.52 Å². The number of piperazine rings is 1. The zero-order valence-electron chi connectivity index (χ0n) is 9.20. The number of hydrogen-bond acceptors (Lipinski definition) is 5. The van der Waals surface area contributed by atoms with E-state index in [9.17, 15) is 9.36 Å². The van der Waals surface area contributed by atoms with Gasteiger partial charge in [-0.25, -0.2) is 4.67 Å². The van der Waals surface area contributed by atoms with Gasteiger partial charge in [0, 0.05) is 32.8 Å². The summed E-state index contributed by atoms with van der Waals surface area (Å²) in [6.07, 6.45) is 0. The first-order valence-electron chi connectivity index (χ1n) is 4.98. The van der Waals surface area contributed by atoms with Gasteiger partial charge in [0.15, 0.2) is 0 Å². The van der Waals surface area contributed by atoms with Crippen LogP contribution < -0.4 is 0 Å². The number of thiol groups is 2. The Kier molecular flexibility index (Phi) is 5.67. The molecule has 0 aromatic carbocycles. The van der Waals surface area contributed by atoms with E-state index < -0.39 is 7.52 Å². The summed E-state index contributed by atoms with van der Waals surface area (Å²) < 4.78 is 19.0. The first-order valence-corrected chi connectivity index (χ1v) is 8.27. The van der Waals surface area contributed by atoms with Gasteiger partial charge >= 0.3 is 0 Å². The first-order chi connectivity index (χ1) is 7.51. The largest absolute Gasteiger partial charge is 0.339 e. The molecule has 0 bridgehead atoms. The van der Waals surface area contributed by atoms with Crippen molar-refractivity contribution in [2.75, 3.05) is 44.5 Å². The smallest absolute Gasteiger partial charge is 0.270 e. The van der Waals surface area contributed by atoms with Crippen LogP contribution in [0.2, 0.25) is 0 Å². The average Bonchev–Trinajstić information content (AvgIpc) is 2.28. The van der Waals surface area contributed by atoms with E-state index in [-0.39, 0.29) is 17.6 Å². The predicted molar refractivity (Wildman–Crippen MR) is 70.5 cm³/mol. The molecular formula is C8H17N2O3PS2. The van der Waals surface area contributed by atoms with E-state index in [0.717, 1.165) is 0 Å². The second-order valence-corrected chi connectivity index (χ2v) is 6.56. The lowest BCUT2D eigenvalue weighted by Crippen LogP contribution is -2.47. The highest BCUT2D eigenvalue weighted by atomic mass is 32.1. The van der Waals surface area contributed by atoms with Gasteiger partial charge in [-0.15, -0.1) is 0 Å². The van der Waals surface area contributed by atoms with Gasteiger partial charge in [0.25, 0.3) is 7.52 Å². The van der Waals surface area contributed by atoms with Gasteiger partial charge < -0.3 is 9.42 Å². The van der Waals surface area contributed by atoms with Crippen LogP contribution in [0.15, 0.2) is 0 Å². The third kappa shape index (κ3) is 3.67. The summed E-state index contributed by atoms with van der Waals surface area (Å²) >= 11 is 7.85. The molecule has 0 aliphatic carbocycles. The van der Waals surface area contributed by atoms with Gasteiger partial charge in [-0.2, -0.15) is 25.3 Å². The molecule has 1 fully saturated rings. The minimum absolute atomic E-state index is 0.0176. The first kappa shape index (κ1) is 14.4. The Bertz CT molecular complexity index is 295. The zero-order valence-corrected chi connectivity index (χ0v) is 11.9. The lowest BCUT2D eigenvalue weighted by molar-refractivity contribution is -0.129. The number of carbonyl (C=O) groups excluding carboxylic acids is 1. The van der Waals surface area contributed by atoms with Gasteiger partial charge in [0.05, 0.1) is 11.7 Å². The van der Waals surface area contributed by atoms with Crippen LogP contribution in [0, 0.1) is 0 Å². The molecule has 0 spiro atoms. The second-order valence-electron chi connectivity index (χ2n) is 3.55. The maximum Gasteiger partial charge on any atom is 0.270 e. The molecule has 1 unspecified atom stereocenters. The van der Waals surface area contributed by atoms with E-state index in [0.29, 0.717) is 26.2 Å². The van der Waals surface area contributed by atoms with Crippen LogP contribution >= 0.6 is 32.8 Å². The van der Waals surface area contributed by atoms with Crippen molar-refractivity contribution < 1.29 is 13.9 Å². The van der Waals surface area contributed by atoms with Crippen LogP contribution in [0.5, 0.6) is 0 Å². The molecule has 0 N–H and O–H groups in total. The Labute approximate surface area is 107 Å². The minimum Gasteiger partial charge on any atom is -0.339 e. The molecule has 1 rings (SSSR count). The molecule has 1 amide bonds. The van der Waals surface area contributed by atoms with Crippen molar-refractivity contribution >= 4 is 38.7 Å². The van der Waals surface area contributed by atoms with E-state index >= 15 is 0 Å². The number of rotatable bonds is 4. The molecular weight excluding hydrogens is 267 g/mol. The topological polar surface area (TPSA) is 49.9 Å². The molecule has 0 radical (unpaired) electrons. The highest BCUT2D eigenvalue weighted by molar-refractivity contribution is 7.81. The van der Waals surface area contributed by atoms with Gasteiger partial charge in [-0.3, -0.25) is 9.36 Å². The lowest BCUT2D eigenvalue weighted by Gasteiger charge is -2.36. The molecule has 0 aromatic rings. The summed E-state index contributed by atoms with van der Waals surface area (Å²) in [7, 11) is -2.73. The Morgan fingerprint density at radius 2 is 1.88 bits per heavy atom. The monoisotopic (exact) mass is 284 g/mol. The minimum atomic E-state index is -2.73. The molecule has 0 aromatic heterocycles. The van der Waals surface area contributed by atoms with Gasteiger partial charge in [-0.1, -0.05) is 0 Å². The number of amides is 1. The van der Waals surface area contributed by atoms with Crippen LogP contribution in [0.25, 0.3) is 0 Å². The van der Waals surface area contributed by atoms with Crippen LogP contribution in [-0.2, 0) is 13.9 Å².